The molecule has 0 aliphatic rings. The molecule has 0 bridgehead atoms. The van der Waals surface area contributed by atoms with E-state index in [0.717, 1.165) is 5.56 Å². The summed E-state index contributed by atoms with van der Waals surface area (Å²) in [5.41, 5.74) is 0.864. The number of ketones is 1. The van der Waals surface area contributed by atoms with E-state index in [2.05, 4.69) is 0 Å². The lowest BCUT2D eigenvalue weighted by atomic mass is 10.1. The molecule has 0 amide bonds. The minimum absolute atomic E-state index is 0.0362. The molecule has 2 aromatic carbocycles. The van der Waals surface area contributed by atoms with Gasteiger partial charge < -0.3 is 4.74 Å². The SMILES string of the molecule is Cc1cc(Cl)ccc1OCC(=O)c1ccccc1F. The molecule has 0 heterocycles. The fourth-order valence-corrected chi connectivity index (χ4v) is 1.91. The maximum atomic E-state index is 13.4. The number of rotatable bonds is 4. The summed E-state index contributed by atoms with van der Waals surface area (Å²) in [6, 6.07) is 10.9. The first kappa shape index (κ1) is 13.6. The van der Waals surface area contributed by atoms with Crippen LogP contribution in [0.4, 0.5) is 4.39 Å². The molecule has 0 aromatic heterocycles. The van der Waals surface area contributed by atoms with Crippen molar-refractivity contribution in [2.75, 3.05) is 6.61 Å². The molecule has 0 aliphatic heterocycles. The Kier molecular flexibility index (Phi) is 4.17. The van der Waals surface area contributed by atoms with Crippen molar-refractivity contribution in [2.24, 2.45) is 0 Å². The van der Waals surface area contributed by atoms with Crippen molar-refractivity contribution in [3.05, 3.63) is 64.4 Å². The van der Waals surface area contributed by atoms with Crippen LogP contribution < -0.4 is 4.74 Å². The van der Waals surface area contributed by atoms with Gasteiger partial charge in [0.05, 0.1) is 5.56 Å². The first-order valence-corrected chi connectivity index (χ1v) is 6.12. The molecule has 0 saturated heterocycles. The van der Waals surface area contributed by atoms with Gasteiger partial charge in [-0.25, -0.2) is 4.39 Å². The molecule has 0 aliphatic carbocycles. The van der Waals surface area contributed by atoms with E-state index >= 15 is 0 Å². The zero-order chi connectivity index (χ0) is 13.8. The van der Waals surface area contributed by atoms with Crippen LogP contribution >= 0.6 is 11.6 Å². The summed E-state index contributed by atoms with van der Waals surface area (Å²) < 4.78 is 18.8. The highest BCUT2D eigenvalue weighted by molar-refractivity contribution is 6.30. The monoisotopic (exact) mass is 278 g/mol. The third-order valence-electron chi connectivity index (χ3n) is 2.67. The van der Waals surface area contributed by atoms with E-state index in [1.54, 1.807) is 24.3 Å². The maximum absolute atomic E-state index is 13.4. The van der Waals surface area contributed by atoms with Crippen LogP contribution in [0.1, 0.15) is 15.9 Å². The summed E-state index contributed by atoms with van der Waals surface area (Å²) in [6.45, 7) is 1.62. The molecule has 4 heteroatoms. The van der Waals surface area contributed by atoms with E-state index in [1.165, 1.54) is 18.2 Å². The molecule has 0 spiro atoms. The summed E-state index contributed by atoms with van der Waals surface area (Å²) >= 11 is 5.82. The molecule has 0 saturated carbocycles. The highest BCUT2D eigenvalue weighted by Gasteiger charge is 2.12. The van der Waals surface area contributed by atoms with Crippen molar-refractivity contribution >= 4 is 17.4 Å². The molecule has 0 fully saturated rings. The van der Waals surface area contributed by atoms with E-state index < -0.39 is 11.6 Å². The number of hydrogen-bond donors (Lipinski definition) is 0. The van der Waals surface area contributed by atoms with Gasteiger partial charge in [0, 0.05) is 5.02 Å². The fourth-order valence-electron chi connectivity index (χ4n) is 1.68. The van der Waals surface area contributed by atoms with Crippen molar-refractivity contribution < 1.29 is 13.9 Å². The predicted molar refractivity (Wildman–Crippen MR) is 72.4 cm³/mol. The summed E-state index contributed by atoms with van der Waals surface area (Å²) in [6.07, 6.45) is 0. The minimum Gasteiger partial charge on any atom is -0.485 e. The lowest BCUT2D eigenvalue weighted by molar-refractivity contribution is 0.0917. The molecular formula is C15H12ClFO2. The van der Waals surface area contributed by atoms with Crippen LogP contribution in [0.2, 0.25) is 5.02 Å². The van der Waals surface area contributed by atoms with E-state index in [0.29, 0.717) is 10.8 Å². The molecule has 0 unspecified atom stereocenters. The molecule has 98 valence electrons. The lowest BCUT2D eigenvalue weighted by Gasteiger charge is -2.09. The molecule has 2 aromatic rings. The second-order valence-corrected chi connectivity index (χ2v) is 4.54. The average molecular weight is 279 g/mol. The highest BCUT2D eigenvalue weighted by atomic mass is 35.5. The Balaban J connectivity index is 2.07. The fraction of sp³-hybridized carbons (Fsp3) is 0.133. The van der Waals surface area contributed by atoms with Crippen molar-refractivity contribution in [1.82, 2.24) is 0 Å². The number of aryl methyl sites for hydroxylation is 1. The Morgan fingerprint density at radius 2 is 2.00 bits per heavy atom. The second-order valence-electron chi connectivity index (χ2n) is 4.10. The third-order valence-corrected chi connectivity index (χ3v) is 2.91. The quantitative estimate of drug-likeness (QED) is 0.789. The summed E-state index contributed by atoms with van der Waals surface area (Å²) in [7, 11) is 0. The van der Waals surface area contributed by atoms with Crippen LogP contribution in [0, 0.1) is 12.7 Å². The maximum Gasteiger partial charge on any atom is 0.203 e. The Labute approximate surface area is 115 Å². The van der Waals surface area contributed by atoms with E-state index in [9.17, 15) is 9.18 Å². The summed E-state index contributed by atoms with van der Waals surface area (Å²) in [4.78, 5) is 11.8. The first-order valence-electron chi connectivity index (χ1n) is 5.74. The standard InChI is InChI=1S/C15H12ClFO2/c1-10-8-11(16)6-7-15(10)19-9-14(18)12-4-2-3-5-13(12)17/h2-8H,9H2,1H3. The lowest BCUT2D eigenvalue weighted by Crippen LogP contribution is -2.13. The van der Waals surface area contributed by atoms with E-state index in [1.807, 2.05) is 6.92 Å². The van der Waals surface area contributed by atoms with Gasteiger partial charge >= 0.3 is 0 Å². The Morgan fingerprint density at radius 1 is 1.26 bits per heavy atom. The number of Topliss-reactive ketones (excluding diaryl/α,β-unsaturated/α-hetero) is 1. The van der Waals surface area contributed by atoms with Crippen molar-refractivity contribution in [2.45, 2.75) is 6.92 Å². The van der Waals surface area contributed by atoms with Crippen LogP contribution in [-0.4, -0.2) is 12.4 Å². The molecule has 2 nitrogen and oxygen atoms in total. The summed E-state index contributed by atoms with van der Waals surface area (Å²) in [5.74, 6) is -0.370. The Bertz CT molecular complexity index is 611. The van der Waals surface area contributed by atoms with Gasteiger partial charge in [0.25, 0.3) is 0 Å². The topological polar surface area (TPSA) is 26.3 Å². The smallest absolute Gasteiger partial charge is 0.203 e. The van der Waals surface area contributed by atoms with Crippen LogP contribution in [-0.2, 0) is 0 Å². The van der Waals surface area contributed by atoms with Gasteiger partial charge in [0.1, 0.15) is 11.6 Å². The van der Waals surface area contributed by atoms with E-state index in [-0.39, 0.29) is 12.2 Å². The number of hydrogen-bond acceptors (Lipinski definition) is 2. The van der Waals surface area contributed by atoms with Gasteiger partial charge in [-0.2, -0.15) is 0 Å². The number of carbonyl (C=O) groups excluding carboxylic acids is 1. The van der Waals surface area contributed by atoms with Crippen molar-refractivity contribution in [3.8, 4) is 5.75 Å². The minimum atomic E-state index is -0.538. The number of benzene rings is 2. The van der Waals surface area contributed by atoms with Crippen molar-refractivity contribution in [3.63, 3.8) is 0 Å². The van der Waals surface area contributed by atoms with Gasteiger partial charge in [0.2, 0.25) is 5.78 Å². The number of halogens is 2. The van der Waals surface area contributed by atoms with Gasteiger partial charge in [0.15, 0.2) is 6.61 Å². The number of ether oxygens (including phenoxy) is 1. The van der Waals surface area contributed by atoms with Crippen LogP contribution in [0.3, 0.4) is 0 Å². The first-order chi connectivity index (χ1) is 9.08. The van der Waals surface area contributed by atoms with Gasteiger partial charge in [-0.15, -0.1) is 0 Å². The van der Waals surface area contributed by atoms with Gasteiger partial charge in [-0.1, -0.05) is 23.7 Å². The molecule has 0 radical (unpaired) electrons. The summed E-state index contributed by atoms with van der Waals surface area (Å²) in [5, 5.41) is 0.602. The Morgan fingerprint density at radius 3 is 2.68 bits per heavy atom. The van der Waals surface area contributed by atoms with E-state index in [4.69, 9.17) is 16.3 Å². The molecular weight excluding hydrogens is 267 g/mol. The number of carbonyl (C=O) groups is 1. The predicted octanol–water partition coefficient (Wildman–Crippen LogP) is 4.05. The molecule has 19 heavy (non-hydrogen) atoms. The highest BCUT2D eigenvalue weighted by Crippen LogP contribution is 2.22. The van der Waals surface area contributed by atoms with Crippen LogP contribution in [0.5, 0.6) is 5.75 Å². The molecule has 2 rings (SSSR count). The molecule has 0 atom stereocenters. The van der Waals surface area contributed by atoms with Gasteiger partial charge in [-0.3, -0.25) is 4.79 Å². The Hall–Kier alpha value is -1.87. The third kappa shape index (κ3) is 3.32. The molecule has 0 N–H and O–H groups in total. The normalized spacial score (nSPS) is 10.3. The van der Waals surface area contributed by atoms with Crippen molar-refractivity contribution in [1.29, 1.82) is 0 Å². The zero-order valence-electron chi connectivity index (χ0n) is 10.3. The van der Waals surface area contributed by atoms with Crippen LogP contribution in [0.15, 0.2) is 42.5 Å². The zero-order valence-corrected chi connectivity index (χ0v) is 11.1. The largest absolute Gasteiger partial charge is 0.485 e. The average Bonchev–Trinajstić information content (AvgIpc) is 2.38. The second kappa shape index (κ2) is 5.85. The van der Waals surface area contributed by atoms with Crippen LogP contribution in [0.25, 0.3) is 0 Å². The van der Waals surface area contributed by atoms with Gasteiger partial charge in [-0.05, 0) is 42.8 Å².